The first-order valence-corrected chi connectivity index (χ1v) is 7.10. The molecule has 0 saturated heterocycles. The number of phenolic OH excluding ortho intramolecular Hbond substituents is 1. The summed E-state index contributed by atoms with van der Waals surface area (Å²) < 4.78 is 0. The zero-order valence-corrected chi connectivity index (χ0v) is 13.3. The van der Waals surface area contributed by atoms with E-state index >= 15 is 0 Å². The van der Waals surface area contributed by atoms with E-state index in [1.807, 2.05) is 45.0 Å². The van der Waals surface area contributed by atoms with E-state index in [0.717, 1.165) is 11.6 Å². The van der Waals surface area contributed by atoms with E-state index in [9.17, 15) is 5.11 Å². The molecule has 0 bridgehead atoms. The third-order valence-electron chi connectivity index (χ3n) is 3.02. The molecule has 0 aliphatic rings. The van der Waals surface area contributed by atoms with Gasteiger partial charge in [0.2, 0.25) is 0 Å². The molecule has 116 valence electrons. The number of benzene rings is 1. The van der Waals surface area contributed by atoms with Crippen LogP contribution in [0.3, 0.4) is 0 Å². The minimum absolute atomic E-state index is 0.188. The van der Waals surface area contributed by atoms with Gasteiger partial charge in [0, 0.05) is 31.6 Å². The van der Waals surface area contributed by atoms with Gasteiger partial charge in [-0.05, 0) is 12.1 Å². The lowest BCUT2D eigenvalue weighted by Gasteiger charge is -2.15. The number of phenols is 1. The molecule has 1 heterocycles. The highest BCUT2D eigenvalue weighted by Crippen LogP contribution is 2.19. The lowest BCUT2D eigenvalue weighted by atomic mass is 10.2. The van der Waals surface area contributed by atoms with Gasteiger partial charge in [0.15, 0.2) is 5.82 Å². The summed E-state index contributed by atoms with van der Waals surface area (Å²) in [5.74, 6) is 2.61. The summed E-state index contributed by atoms with van der Waals surface area (Å²) in [5, 5.41) is 13.8. The van der Waals surface area contributed by atoms with Gasteiger partial charge < -0.3 is 10.0 Å². The smallest absolute Gasteiger partial charge is 0.152 e. The molecule has 2 aromatic rings. The Hall–Kier alpha value is -2.63. The Balaban J connectivity index is 2.20. The molecule has 0 amide bonds. The van der Waals surface area contributed by atoms with Crippen LogP contribution in [-0.2, 0) is 0 Å². The summed E-state index contributed by atoms with van der Waals surface area (Å²) >= 11 is 0. The highest BCUT2D eigenvalue weighted by atomic mass is 16.3. The van der Waals surface area contributed by atoms with Crippen molar-refractivity contribution in [2.45, 2.75) is 19.8 Å². The first-order valence-electron chi connectivity index (χ1n) is 7.10. The van der Waals surface area contributed by atoms with Crippen LogP contribution in [0.4, 0.5) is 11.6 Å². The second-order valence-electron chi connectivity index (χ2n) is 5.45. The molecule has 0 atom stereocenters. The van der Waals surface area contributed by atoms with Crippen molar-refractivity contribution in [1.29, 1.82) is 0 Å². The second-order valence-corrected chi connectivity index (χ2v) is 5.45. The monoisotopic (exact) mass is 299 g/mol. The van der Waals surface area contributed by atoms with Crippen LogP contribution in [-0.4, -0.2) is 35.4 Å². The average Bonchev–Trinajstić information content (AvgIpc) is 2.49. The van der Waals surface area contributed by atoms with Crippen LogP contribution < -0.4 is 10.3 Å². The van der Waals surface area contributed by atoms with Gasteiger partial charge in [-0.1, -0.05) is 26.0 Å². The van der Waals surface area contributed by atoms with Gasteiger partial charge in [-0.3, -0.25) is 5.43 Å². The van der Waals surface area contributed by atoms with Gasteiger partial charge in [-0.2, -0.15) is 5.10 Å². The number of hydrazone groups is 1. The summed E-state index contributed by atoms with van der Waals surface area (Å²) in [6.45, 7) is 4.09. The highest BCUT2D eigenvalue weighted by Gasteiger charge is 2.09. The number of anilines is 2. The van der Waals surface area contributed by atoms with Gasteiger partial charge in [-0.15, -0.1) is 0 Å². The molecule has 0 aliphatic carbocycles. The SMILES string of the molecule is CC(C)c1nc(N/N=C\c2ccccc2O)cc(N(C)C)n1. The molecule has 0 aliphatic heterocycles. The van der Waals surface area contributed by atoms with Crippen molar-refractivity contribution in [1.82, 2.24) is 9.97 Å². The fourth-order valence-corrected chi connectivity index (χ4v) is 1.76. The van der Waals surface area contributed by atoms with Crippen molar-refractivity contribution in [3.05, 3.63) is 41.7 Å². The summed E-state index contributed by atoms with van der Waals surface area (Å²) in [6, 6.07) is 8.84. The summed E-state index contributed by atoms with van der Waals surface area (Å²) in [5.41, 5.74) is 3.53. The van der Waals surface area contributed by atoms with Crippen LogP contribution in [0, 0.1) is 0 Å². The Labute approximate surface area is 130 Å². The molecule has 6 heteroatoms. The van der Waals surface area contributed by atoms with E-state index in [4.69, 9.17) is 0 Å². The van der Waals surface area contributed by atoms with Crippen LogP contribution in [0.1, 0.15) is 31.2 Å². The Morgan fingerprint density at radius 2 is 1.95 bits per heavy atom. The van der Waals surface area contributed by atoms with E-state index in [0.29, 0.717) is 11.4 Å². The molecule has 0 spiro atoms. The van der Waals surface area contributed by atoms with Gasteiger partial charge >= 0.3 is 0 Å². The first-order chi connectivity index (χ1) is 10.5. The minimum atomic E-state index is 0.188. The number of aromatic nitrogens is 2. The predicted octanol–water partition coefficient (Wildman–Crippen LogP) is 2.82. The third kappa shape index (κ3) is 3.94. The first kappa shape index (κ1) is 15.8. The van der Waals surface area contributed by atoms with Crippen molar-refractivity contribution < 1.29 is 5.11 Å². The lowest BCUT2D eigenvalue weighted by molar-refractivity contribution is 0.474. The second kappa shape index (κ2) is 6.89. The number of rotatable bonds is 5. The maximum absolute atomic E-state index is 9.69. The number of hydrogen-bond acceptors (Lipinski definition) is 6. The van der Waals surface area contributed by atoms with Crippen molar-refractivity contribution in [2.24, 2.45) is 5.10 Å². The standard InChI is InChI=1S/C16H21N5O/c1-11(2)16-18-14(9-15(19-16)21(3)4)20-17-10-12-7-5-6-8-13(12)22/h5-11,22H,1-4H3,(H,18,19,20)/b17-10-. The largest absolute Gasteiger partial charge is 0.507 e. The van der Waals surface area contributed by atoms with Gasteiger partial charge in [0.25, 0.3) is 0 Å². The van der Waals surface area contributed by atoms with Crippen molar-refractivity contribution >= 4 is 17.9 Å². The maximum Gasteiger partial charge on any atom is 0.152 e. The number of para-hydroxylation sites is 1. The molecule has 6 nitrogen and oxygen atoms in total. The zero-order chi connectivity index (χ0) is 16.1. The summed E-state index contributed by atoms with van der Waals surface area (Å²) in [6.07, 6.45) is 1.56. The molecule has 2 N–H and O–H groups in total. The maximum atomic E-state index is 9.69. The van der Waals surface area contributed by atoms with Crippen LogP contribution in [0.15, 0.2) is 35.4 Å². The van der Waals surface area contributed by atoms with E-state index in [1.54, 1.807) is 24.4 Å². The molecule has 22 heavy (non-hydrogen) atoms. The van der Waals surface area contributed by atoms with Crippen LogP contribution in [0.2, 0.25) is 0 Å². The normalized spacial score (nSPS) is 11.1. The zero-order valence-electron chi connectivity index (χ0n) is 13.3. The molecule has 0 saturated carbocycles. The van der Waals surface area contributed by atoms with Gasteiger partial charge in [0.1, 0.15) is 17.4 Å². The van der Waals surface area contributed by atoms with Crippen LogP contribution in [0.25, 0.3) is 0 Å². The number of hydrogen-bond donors (Lipinski definition) is 2. The lowest BCUT2D eigenvalue weighted by Crippen LogP contribution is -2.13. The topological polar surface area (TPSA) is 73.6 Å². The van der Waals surface area contributed by atoms with E-state index in [2.05, 4.69) is 20.5 Å². The number of nitrogens with zero attached hydrogens (tertiary/aromatic N) is 4. The molecular weight excluding hydrogens is 278 g/mol. The fourth-order valence-electron chi connectivity index (χ4n) is 1.76. The summed E-state index contributed by atoms with van der Waals surface area (Å²) in [7, 11) is 3.86. The quantitative estimate of drug-likeness (QED) is 0.656. The molecule has 2 rings (SSSR count). The number of nitrogens with one attached hydrogen (secondary N) is 1. The molecule has 1 aromatic carbocycles. The molecular formula is C16H21N5O. The van der Waals surface area contributed by atoms with Crippen LogP contribution >= 0.6 is 0 Å². The molecule has 0 fully saturated rings. The third-order valence-corrected chi connectivity index (χ3v) is 3.02. The van der Waals surface area contributed by atoms with Gasteiger partial charge in [0.05, 0.1) is 6.21 Å². The highest BCUT2D eigenvalue weighted by molar-refractivity contribution is 5.83. The van der Waals surface area contributed by atoms with Crippen molar-refractivity contribution in [3.63, 3.8) is 0 Å². The minimum Gasteiger partial charge on any atom is -0.507 e. The Morgan fingerprint density at radius 1 is 1.23 bits per heavy atom. The predicted molar refractivity (Wildman–Crippen MR) is 89.8 cm³/mol. The fraction of sp³-hybridized carbons (Fsp3) is 0.312. The molecule has 0 unspecified atom stereocenters. The average molecular weight is 299 g/mol. The van der Waals surface area contributed by atoms with Crippen LogP contribution in [0.5, 0.6) is 5.75 Å². The van der Waals surface area contributed by atoms with Crippen molar-refractivity contribution in [3.8, 4) is 5.75 Å². The van der Waals surface area contributed by atoms with Crippen molar-refractivity contribution in [2.75, 3.05) is 24.4 Å². The van der Waals surface area contributed by atoms with E-state index in [-0.39, 0.29) is 11.7 Å². The Bertz CT molecular complexity index is 641. The van der Waals surface area contributed by atoms with Gasteiger partial charge in [-0.25, -0.2) is 9.97 Å². The Kier molecular flexibility index (Phi) is 4.93. The molecule has 1 aromatic heterocycles. The van der Waals surface area contributed by atoms with E-state index in [1.165, 1.54) is 0 Å². The van der Waals surface area contributed by atoms with E-state index < -0.39 is 0 Å². The molecule has 0 radical (unpaired) electrons. The number of aromatic hydroxyl groups is 1. The Morgan fingerprint density at radius 3 is 2.59 bits per heavy atom. The summed E-state index contributed by atoms with van der Waals surface area (Å²) in [4.78, 5) is 10.9.